The monoisotopic (exact) mass is 682 g/mol. The maximum Gasteiger partial charge on any atom is 0.339 e. The first-order chi connectivity index (χ1) is 20.2. The SMILES string of the molecule is Cc1cc(Br)cc2c(C(=O)OCC(=O)c3ccc(Br)cc3)cc(-c3ccc(N4C(=O)c5ccccc5C4=O)cc3)nc12. The number of pyridine rings is 1. The molecule has 0 N–H and O–H groups in total. The third-order valence-corrected chi connectivity index (χ3v) is 7.99. The number of aromatic nitrogens is 1. The molecule has 5 aromatic rings. The van der Waals surface area contributed by atoms with E-state index in [4.69, 9.17) is 9.72 Å². The smallest absolute Gasteiger partial charge is 0.339 e. The number of carbonyl (C=O) groups excluding carboxylic acids is 4. The maximum atomic E-state index is 13.4. The van der Waals surface area contributed by atoms with Crippen LogP contribution in [0.25, 0.3) is 22.2 Å². The molecule has 2 amide bonds. The first kappa shape index (κ1) is 27.7. The Kier molecular flexibility index (Phi) is 7.30. The molecule has 0 bridgehead atoms. The van der Waals surface area contributed by atoms with E-state index in [1.165, 1.54) is 0 Å². The molecule has 7 nitrogen and oxygen atoms in total. The molecule has 42 heavy (non-hydrogen) atoms. The predicted molar refractivity (Wildman–Crippen MR) is 166 cm³/mol. The second kappa shape index (κ2) is 11.1. The second-order valence-corrected chi connectivity index (χ2v) is 11.5. The maximum absolute atomic E-state index is 13.4. The van der Waals surface area contributed by atoms with E-state index < -0.39 is 12.6 Å². The van der Waals surface area contributed by atoms with Crippen LogP contribution < -0.4 is 4.90 Å². The standard InChI is InChI=1S/C33H20Br2N2O5/c1-18-14-22(35)15-26-27(33(41)42-17-29(38)20-6-10-21(34)11-7-20)16-28(36-30(18)26)19-8-12-23(13-9-19)37-31(39)24-4-2-3-5-25(24)32(37)40/h2-16H,17H2,1H3. The molecule has 4 aromatic carbocycles. The Morgan fingerprint density at radius 2 is 1.45 bits per heavy atom. The van der Waals surface area contributed by atoms with E-state index in [2.05, 4.69) is 31.9 Å². The molecule has 9 heteroatoms. The number of nitrogens with zero attached hydrogens (tertiary/aromatic N) is 2. The minimum atomic E-state index is -0.658. The van der Waals surface area contributed by atoms with Crippen molar-refractivity contribution < 1.29 is 23.9 Å². The number of benzene rings is 4. The summed E-state index contributed by atoms with van der Waals surface area (Å²) in [6.07, 6.45) is 0. The first-order valence-corrected chi connectivity index (χ1v) is 14.4. The summed E-state index contributed by atoms with van der Waals surface area (Å²) in [6, 6.07) is 25.7. The number of esters is 1. The van der Waals surface area contributed by atoms with Gasteiger partial charge in [0.15, 0.2) is 12.4 Å². The summed E-state index contributed by atoms with van der Waals surface area (Å²) < 4.78 is 7.08. The van der Waals surface area contributed by atoms with E-state index in [1.54, 1.807) is 84.9 Å². The number of fused-ring (bicyclic) bond motifs is 2. The Morgan fingerprint density at radius 1 is 0.810 bits per heavy atom. The minimum absolute atomic E-state index is 0.257. The Balaban J connectivity index is 1.32. The van der Waals surface area contributed by atoms with Crippen LogP contribution in [0, 0.1) is 6.92 Å². The molecule has 0 saturated heterocycles. The van der Waals surface area contributed by atoms with E-state index in [9.17, 15) is 19.2 Å². The van der Waals surface area contributed by atoms with Crippen molar-refractivity contribution >= 4 is 72.0 Å². The Morgan fingerprint density at radius 3 is 2.10 bits per heavy atom. The summed E-state index contributed by atoms with van der Waals surface area (Å²) in [5, 5.41) is 0.578. The molecule has 0 spiro atoms. The van der Waals surface area contributed by atoms with E-state index in [0.717, 1.165) is 19.4 Å². The quantitative estimate of drug-likeness (QED) is 0.104. The Bertz CT molecular complexity index is 1900. The topological polar surface area (TPSA) is 93.6 Å². The van der Waals surface area contributed by atoms with Gasteiger partial charge in [-0.1, -0.05) is 68.3 Å². The van der Waals surface area contributed by atoms with Crippen LogP contribution in [-0.2, 0) is 4.74 Å². The molecule has 1 aliphatic heterocycles. The van der Waals surface area contributed by atoms with Crippen LogP contribution in [0.5, 0.6) is 0 Å². The summed E-state index contributed by atoms with van der Waals surface area (Å²) in [5.74, 6) is -1.74. The van der Waals surface area contributed by atoms with Gasteiger partial charge in [0, 0.05) is 25.5 Å². The lowest BCUT2D eigenvalue weighted by Gasteiger charge is -2.15. The number of anilines is 1. The molecule has 0 saturated carbocycles. The number of Topliss-reactive ketones (excluding diaryl/α,β-unsaturated/α-hetero) is 1. The number of hydrogen-bond acceptors (Lipinski definition) is 6. The summed E-state index contributed by atoms with van der Waals surface area (Å²) in [4.78, 5) is 57.8. The molecule has 1 aliphatic rings. The average molecular weight is 684 g/mol. The largest absolute Gasteiger partial charge is 0.454 e. The summed E-state index contributed by atoms with van der Waals surface area (Å²) in [5.41, 5.74) is 4.45. The van der Waals surface area contributed by atoms with Gasteiger partial charge in [0.1, 0.15) is 0 Å². The minimum Gasteiger partial charge on any atom is -0.454 e. The third-order valence-electron chi connectivity index (χ3n) is 7.00. The number of halogens is 2. The molecule has 6 rings (SSSR count). The van der Waals surface area contributed by atoms with Crippen molar-refractivity contribution in [2.24, 2.45) is 0 Å². The lowest BCUT2D eigenvalue weighted by Crippen LogP contribution is -2.29. The number of ether oxygens (including phenoxy) is 1. The highest BCUT2D eigenvalue weighted by Gasteiger charge is 2.36. The van der Waals surface area contributed by atoms with Gasteiger partial charge in [-0.2, -0.15) is 0 Å². The van der Waals surface area contributed by atoms with Crippen LogP contribution in [0.3, 0.4) is 0 Å². The van der Waals surface area contributed by atoms with E-state index in [1.807, 2.05) is 13.0 Å². The molecular weight excluding hydrogens is 664 g/mol. The number of hydrogen-bond donors (Lipinski definition) is 0. The van der Waals surface area contributed by atoms with Crippen LogP contribution in [0.4, 0.5) is 5.69 Å². The van der Waals surface area contributed by atoms with E-state index in [0.29, 0.717) is 44.5 Å². The zero-order valence-corrected chi connectivity index (χ0v) is 25.2. The van der Waals surface area contributed by atoms with Gasteiger partial charge >= 0.3 is 5.97 Å². The molecular formula is C33H20Br2N2O5. The van der Waals surface area contributed by atoms with Crippen molar-refractivity contribution in [2.75, 3.05) is 11.5 Å². The first-order valence-electron chi connectivity index (χ1n) is 12.9. The van der Waals surface area contributed by atoms with Crippen LogP contribution in [0.15, 0.2) is 99.9 Å². The molecule has 0 radical (unpaired) electrons. The summed E-state index contributed by atoms with van der Waals surface area (Å²) in [7, 11) is 0. The zero-order valence-electron chi connectivity index (χ0n) is 22.1. The lowest BCUT2D eigenvalue weighted by molar-refractivity contribution is 0.0476. The summed E-state index contributed by atoms with van der Waals surface area (Å²) >= 11 is 6.83. The van der Waals surface area contributed by atoms with Crippen LogP contribution in [0.1, 0.15) is 47.0 Å². The second-order valence-electron chi connectivity index (χ2n) is 9.72. The lowest BCUT2D eigenvalue weighted by atomic mass is 10.0. The van der Waals surface area contributed by atoms with Gasteiger partial charge in [-0.3, -0.25) is 14.4 Å². The van der Waals surface area contributed by atoms with Gasteiger partial charge < -0.3 is 4.74 Å². The van der Waals surface area contributed by atoms with Gasteiger partial charge in [-0.05, 0) is 67.1 Å². The highest BCUT2D eigenvalue weighted by Crippen LogP contribution is 2.33. The zero-order chi connectivity index (χ0) is 29.5. The fourth-order valence-electron chi connectivity index (χ4n) is 4.91. The van der Waals surface area contributed by atoms with Crippen LogP contribution >= 0.6 is 31.9 Å². The average Bonchev–Trinajstić information content (AvgIpc) is 3.25. The molecule has 0 atom stereocenters. The Hall–Kier alpha value is -4.47. The normalized spacial score (nSPS) is 12.5. The van der Waals surface area contributed by atoms with Crippen molar-refractivity contribution in [3.05, 3.63) is 128 Å². The highest BCUT2D eigenvalue weighted by molar-refractivity contribution is 9.10. The van der Waals surface area contributed by atoms with Gasteiger partial charge in [0.25, 0.3) is 11.8 Å². The highest BCUT2D eigenvalue weighted by atomic mass is 79.9. The molecule has 2 heterocycles. The van der Waals surface area contributed by atoms with Gasteiger partial charge in [0.2, 0.25) is 0 Å². The summed E-state index contributed by atoms with van der Waals surface area (Å²) in [6.45, 7) is 1.48. The fourth-order valence-corrected chi connectivity index (χ4v) is 5.74. The molecule has 1 aromatic heterocycles. The van der Waals surface area contributed by atoms with E-state index >= 15 is 0 Å². The number of carbonyl (C=O) groups is 4. The van der Waals surface area contributed by atoms with Gasteiger partial charge in [-0.25, -0.2) is 14.7 Å². The third kappa shape index (κ3) is 5.06. The van der Waals surface area contributed by atoms with Crippen molar-refractivity contribution in [1.82, 2.24) is 4.98 Å². The number of aryl methyl sites for hydroxylation is 1. The fraction of sp³-hybridized carbons (Fsp3) is 0.0606. The number of rotatable bonds is 6. The molecule has 0 fully saturated rings. The van der Waals surface area contributed by atoms with Gasteiger partial charge in [-0.15, -0.1) is 0 Å². The van der Waals surface area contributed by atoms with Crippen LogP contribution in [-0.4, -0.2) is 35.2 Å². The van der Waals surface area contributed by atoms with E-state index in [-0.39, 0.29) is 23.2 Å². The van der Waals surface area contributed by atoms with Crippen LogP contribution in [0.2, 0.25) is 0 Å². The van der Waals surface area contributed by atoms with Crippen molar-refractivity contribution in [3.63, 3.8) is 0 Å². The molecule has 0 aliphatic carbocycles. The number of amides is 2. The van der Waals surface area contributed by atoms with Gasteiger partial charge in [0.05, 0.1) is 33.6 Å². The molecule has 0 unspecified atom stereocenters. The number of imide groups is 1. The van der Waals surface area contributed by atoms with Crippen molar-refractivity contribution in [3.8, 4) is 11.3 Å². The number of ketones is 1. The van der Waals surface area contributed by atoms with Crippen molar-refractivity contribution in [2.45, 2.75) is 6.92 Å². The molecule has 206 valence electrons. The van der Waals surface area contributed by atoms with Crippen molar-refractivity contribution in [1.29, 1.82) is 0 Å². The Labute approximate surface area is 257 Å². The predicted octanol–water partition coefficient (Wildman–Crippen LogP) is 7.58.